The van der Waals surface area contributed by atoms with Gasteiger partial charge in [-0.1, -0.05) is 19.9 Å². The molecule has 6 nitrogen and oxygen atoms in total. The lowest BCUT2D eigenvalue weighted by atomic mass is 10.0. The van der Waals surface area contributed by atoms with Crippen molar-refractivity contribution in [3.05, 3.63) is 47.9 Å². The maximum absolute atomic E-state index is 11.7. The van der Waals surface area contributed by atoms with Crippen molar-refractivity contribution in [2.24, 2.45) is 5.92 Å². The smallest absolute Gasteiger partial charge is 0.251 e. The summed E-state index contributed by atoms with van der Waals surface area (Å²) < 4.78 is 2.05. The van der Waals surface area contributed by atoms with Gasteiger partial charge in [-0.25, -0.2) is 9.97 Å². The van der Waals surface area contributed by atoms with Crippen LogP contribution in [0.2, 0.25) is 0 Å². The summed E-state index contributed by atoms with van der Waals surface area (Å²) in [5, 5.41) is 6.27. The maximum Gasteiger partial charge on any atom is 0.251 e. The molecule has 5 rings (SSSR count). The fourth-order valence-corrected chi connectivity index (χ4v) is 3.21. The van der Waals surface area contributed by atoms with E-state index in [1.54, 1.807) is 6.20 Å². The monoisotopic (exact) mass is 349 g/mol. The maximum atomic E-state index is 11.7. The second-order valence-electron chi connectivity index (χ2n) is 6.49. The number of benzene rings is 1. The minimum Gasteiger partial charge on any atom is -0.367 e. The number of nitrogens with one attached hydrogen (secondary N) is 2. The molecule has 3 heterocycles. The Hall–Kier alpha value is -2.89. The Kier molecular flexibility index (Phi) is 4.32. The Morgan fingerprint density at radius 3 is 2.92 bits per heavy atom. The van der Waals surface area contributed by atoms with E-state index >= 15 is 0 Å². The molecule has 0 bridgehead atoms. The minimum atomic E-state index is 0.00192. The van der Waals surface area contributed by atoms with Crippen LogP contribution in [0.15, 0.2) is 36.8 Å². The van der Waals surface area contributed by atoms with Crippen LogP contribution in [-0.4, -0.2) is 26.8 Å². The summed E-state index contributed by atoms with van der Waals surface area (Å²) in [5.41, 5.74) is 4.64. The molecule has 1 aliphatic carbocycles. The molecule has 1 aromatic carbocycles. The number of anilines is 1. The van der Waals surface area contributed by atoms with Gasteiger partial charge in [-0.2, -0.15) is 0 Å². The molecule has 1 fully saturated rings. The highest BCUT2D eigenvalue weighted by Crippen LogP contribution is 2.30. The van der Waals surface area contributed by atoms with Crippen molar-refractivity contribution >= 4 is 17.4 Å². The summed E-state index contributed by atoms with van der Waals surface area (Å²) in [6.45, 7) is 5.55. The Morgan fingerprint density at radius 2 is 2.12 bits per heavy atom. The van der Waals surface area contributed by atoms with Crippen LogP contribution in [0.1, 0.15) is 42.6 Å². The molecule has 0 radical (unpaired) electrons. The summed E-state index contributed by atoms with van der Waals surface area (Å²) >= 11 is 0. The summed E-state index contributed by atoms with van der Waals surface area (Å²) in [5.74, 6) is 1.61. The molecule has 3 aromatic rings. The first-order chi connectivity index (χ1) is 12.8. The van der Waals surface area contributed by atoms with E-state index in [1.807, 2.05) is 42.8 Å². The van der Waals surface area contributed by atoms with Crippen LogP contribution in [0.3, 0.4) is 0 Å². The molecule has 6 heteroatoms. The molecule has 0 unspecified atom stereocenters. The molecule has 2 N–H and O–H groups in total. The number of fused-ring (bicyclic) bond motifs is 2. The first kappa shape index (κ1) is 16.6. The average molecular weight is 349 g/mol. The molecule has 0 atom stereocenters. The van der Waals surface area contributed by atoms with Crippen molar-refractivity contribution in [2.45, 2.75) is 33.2 Å². The quantitative estimate of drug-likeness (QED) is 0.756. The number of hydrogen-bond acceptors (Lipinski definition) is 4. The van der Waals surface area contributed by atoms with Gasteiger partial charge in [0.15, 0.2) is 11.5 Å². The second kappa shape index (κ2) is 6.78. The topological polar surface area (TPSA) is 71.3 Å². The number of amides is 1. The molecule has 0 saturated heterocycles. The number of rotatable bonds is 4. The average Bonchev–Trinajstić information content (AvgIpc) is 3.25. The third kappa shape index (κ3) is 2.92. The first-order valence-corrected chi connectivity index (χ1v) is 9.27. The van der Waals surface area contributed by atoms with Gasteiger partial charge in [0.1, 0.15) is 0 Å². The van der Waals surface area contributed by atoms with E-state index in [0.29, 0.717) is 6.54 Å². The van der Waals surface area contributed by atoms with Gasteiger partial charge < -0.3 is 10.6 Å². The lowest BCUT2D eigenvalue weighted by molar-refractivity contribution is 0.0966. The number of carbonyl (C=O) groups is 1. The van der Waals surface area contributed by atoms with Crippen molar-refractivity contribution in [1.82, 2.24) is 19.7 Å². The fraction of sp³-hybridized carbons (Fsp3) is 0.350. The predicted molar refractivity (Wildman–Crippen MR) is 102 cm³/mol. The zero-order chi connectivity index (χ0) is 18.1. The number of nitrogens with zero attached hydrogens (tertiary/aromatic N) is 3. The van der Waals surface area contributed by atoms with Gasteiger partial charge in [-0.15, -0.1) is 0 Å². The lowest BCUT2D eigenvalue weighted by Gasteiger charge is -2.11. The van der Waals surface area contributed by atoms with Crippen LogP contribution < -0.4 is 10.6 Å². The van der Waals surface area contributed by atoms with Gasteiger partial charge in [-0.05, 0) is 36.5 Å². The van der Waals surface area contributed by atoms with Crippen molar-refractivity contribution in [1.29, 1.82) is 0 Å². The summed E-state index contributed by atoms with van der Waals surface area (Å²) in [6, 6.07) is 5.91. The zero-order valence-electron chi connectivity index (χ0n) is 15.1. The fourth-order valence-electron chi connectivity index (χ4n) is 3.21. The van der Waals surface area contributed by atoms with Crippen molar-refractivity contribution in [3.8, 4) is 11.3 Å². The van der Waals surface area contributed by atoms with E-state index in [9.17, 15) is 4.79 Å². The third-order valence-corrected chi connectivity index (χ3v) is 4.77. The van der Waals surface area contributed by atoms with Crippen LogP contribution >= 0.6 is 0 Å². The van der Waals surface area contributed by atoms with Crippen LogP contribution in [0.25, 0.3) is 16.9 Å². The van der Waals surface area contributed by atoms with Gasteiger partial charge >= 0.3 is 0 Å². The zero-order valence-corrected chi connectivity index (χ0v) is 15.1. The number of imidazole rings is 1. The highest BCUT2D eigenvalue weighted by molar-refractivity contribution is 5.98. The molecule has 2 aromatic heterocycles. The molecule has 26 heavy (non-hydrogen) atoms. The van der Waals surface area contributed by atoms with Crippen LogP contribution in [0, 0.1) is 5.92 Å². The largest absolute Gasteiger partial charge is 0.367 e. The van der Waals surface area contributed by atoms with E-state index in [1.165, 1.54) is 12.8 Å². The number of carbonyl (C=O) groups excluding carboxylic acids is 1. The van der Waals surface area contributed by atoms with E-state index in [-0.39, 0.29) is 5.91 Å². The van der Waals surface area contributed by atoms with Crippen molar-refractivity contribution in [2.75, 3.05) is 11.9 Å². The molecular weight excluding hydrogens is 326 g/mol. The van der Waals surface area contributed by atoms with Crippen molar-refractivity contribution in [3.63, 3.8) is 0 Å². The molecule has 1 amide bonds. The first-order valence-electron chi connectivity index (χ1n) is 9.27. The molecular formula is C20H23N5O. The van der Waals surface area contributed by atoms with Crippen LogP contribution in [0.4, 0.5) is 5.82 Å². The van der Waals surface area contributed by atoms with Crippen molar-refractivity contribution < 1.29 is 4.79 Å². The lowest BCUT2D eigenvalue weighted by Crippen LogP contribution is -2.12. The van der Waals surface area contributed by atoms with Gasteiger partial charge in [0.2, 0.25) is 0 Å². The molecule has 1 aliphatic heterocycles. The normalized spacial score (nSPS) is 15.2. The Labute approximate surface area is 152 Å². The van der Waals surface area contributed by atoms with Crippen LogP contribution in [0.5, 0.6) is 0 Å². The third-order valence-electron chi connectivity index (χ3n) is 4.77. The Bertz CT molecular complexity index is 958. The van der Waals surface area contributed by atoms with Crippen LogP contribution in [-0.2, 0) is 6.54 Å². The van der Waals surface area contributed by atoms with E-state index in [0.717, 1.165) is 46.3 Å². The summed E-state index contributed by atoms with van der Waals surface area (Å²) in [4.78, 5) is 20.8. The molecule has 2 aliphatic rings. The summed E-state index contributed by atoms with van der Waals surface area (Å²) in [6.07, 6.45) is 8.22. The highest BCUT2D eigenvalue weighted by Gasteiger charge is 2.22. The van der Waals surface area contributed by atoms with E-state index in [4.69, 9.17) is 0 Å². The van der Waals surface area contributed by atoms with Gasteiger partial charge in [0.25, 0.3) is 5.91 Å². The number of hydrogen-bond donors (Lipinski definition) is 2. The van der Waals surface area contributed by atoms with E-state index < -0.39 is 0 Å². The second-order valence-corrected chi connectivity index (χ2v) is 6.49. The van der Waals surface area contributed by atoms with Gasteiger partial charge in [-0.3, -0.25) is 9.20 Å². The van der Waals surface area contributed by atoms with E-state index in [2.05, 4.69) is 26.7 Å². The molecule has 134 valence electrons. The minimum absolute atomic E-state index is 0.00192. The molecule has 1 saturated carbocycles. The highest BCUT2D eigenvalue weighted by atomic mass is 16.1. The molecule has 0 spiro atoms. The summed E-state index contributed by atoms with van der Waals surface area (Å²) in [7, 11) is 0. The Balaban J connectivity index is 0.000000814. The van der Waals surface area contributed by atoms with Gasteiger partial charge in [0.05, 0.1) is 11.9 Å². The number of aromatic nitrogens is 3. The Morgan fingerprint density at radius 1 is 1.27 bits per heavy atom. The van der Waals surface area contributed by atoms with Gasteiger partial charge in [0, 0.05) is 36.6 Å². The SMILES string of the molecule is CC.O=C1NCc2cc(-c3cnc(NCC4CC4)c4nccn34)ccc21. The standard InChI is InChI=1S/C18H17N5O.C2H6/c24-18-14-4-3-12(7-13(14)9-22-18)15-10-21-16(20-8-11-1-2-11)17-19-5-6-23(15)17;1-2/h3-7,10-11H,1-2,8-9H2,(H,20,21)(H,22,24);1-2H3. The predicted octanol–water partition coefficient (Wildman–Crippen LogP) is 3.49.